The van der Waals surface area contributed by atoms with E-state index in [0.717, 1.165) is 5.56 Å². The number of hydrogen-bond donors (Lipinski definition) is 1. The summed E-state index contributed by atoms with van der Waals surface area (Å²) in [6.07, 6.45) is 2.44. The maximum Gasteiger partial charge on any atom is 0.0661 e. The molecule has 0 spiro atoms. The SMILES string of the molecule is Nc1cccc(Cl)c1C#CC1CC1. The number of anilines is 1. The number of rotatable bonds is 0. The highest BCUT2D eigenvalue weighted by Gasteiger charge is 2.17. The summed E-state index contributed by atoms with van der Waals surface area (Å²) in [4.78, 5) is 0. The average molecular weight is 192 g/mol. The first kappa shape index (κ1) is 8.47. The smallest absolute Gasteiger partial charge is 0.0661 e. The summed E-state index contributed by atoms with van der Waals surface area (Å²) in [5, 5.41) is 0.646. The lowest BCUT2D eigenvalue weighted by Crippen LogP contribution is -1.90. The second kappa shape index (κ2) is 3.32. The third-order valence-corrected chi connectivity index (χ3v) is 2.34. The number of halogens is 1. The van der Waals surface area contributed by atoms with Crippen molar-refractivity contribution in [2.75, 3.05) is 5.73 Å². The highest BCUT2D eigenvalue weighted by molar-refractivity contribution is 6.32. The van der Waals surface area contributed by atoms with Gasteiger partial charge in [-0.25, -0.2) is 0 Å². The van der Waals surface area contributed by atoms with Gasteiger partial charge in [-0.1, -0.05) is 29.5 Å². The van der Waals surface area contributed by atoms with Gasteiger partial charge in [-0.15, -0.1) is 0 Å². The van der Waals surface area contributed by atoms with Crippen LogP contribution in [0.3, 0.4) is 0 Å². The van der Waals surface area contributed by atoms with Crippen molar-refractivity contribution in [3.8, 4) is 11.8 Å². The number of nitrogens with two attached hydrogens (primary N) is 1. The lowest BCUT2D eigenvalue weighted by Gasteiger charge is -1.98. The molecular weight excluding hydrogens is 182 g/mol. The lowest BCUT2D eigenvalue weighted by atomic mass is 10.2. The zero-order valence-corrected chi connectivity index (χ0v) is 7.93. The Balaban J connectivity index is 2.33. The van der Waals surface area contributed by atoms with Gasteiger partial charge in [-0.2, -0.15) is 0 Å². The molecule has 1 aliphatic carbocycles. The van der Waals surface area contributed by atoms with Crippen LogP contribution in [0, 0.1) is 17.8 Å². The van der Waals surface area contributed by atoms with Crippen molar-refractivity contribution < 1.29 is 0 Å². The molecule has 1 fully saturated rings. The first-order chi connectivity index (χ1) is 6.27. The molecule has 1 aromatic rings. The van der Waals surface area contributed by atoms with E-state index in [1.807, 2.05) is 18.2 Å². The van der Waals surface area contributed by atoms with Crippen molar-refractivity contribution in [3.63, 3.8) is 0 Å². The topological polar surface area (TPSA) is 26.0 Å². The molecule has 1 aliphatic rings. The van der Waals surface area contributed by atoms with Crippen LogP contribution in [0.25, 0.3) is 0 Å². The third-order valence-electron chi connectivity index (χ3n) is 2.02. The fraction of sp³-hybridized carbons (Fsp3) is 0.273. The van der Waals surface area contributed by atoms with Crippen LogP contribution in [0.4, 0.5) is 5.69 Å². The Bertz CT molecular complexity index is 363. The molecule has 0 unspecified atom stereocenters. The van der Waals surface area contributed by atoms with E-state index in [1.54, 1.807) is 0 Å². The van der Waals surface area contributed by atoms with Crippen molar-refractivity contribution in [2.24, 2.45) is 5.92 Å². The number of benzene rings is 1. The Morgan fingerprint density at radius 3 is 2.77 bits per heavy atom. The van der Waals surface area contributed by atoms with Crippen molar-refractivity contribution in [3.05, 3.63) is 28.8 Å². The Hall–Kier alpha value is -1.13. The van der Waals surface area contributed by atoms with Gasteiger partial charge in [0.2, 0.25) is 0 Å². The summed E-state index contributed by atoms with van der Waals surface area (Å²) >= 11 is 5.95. The molecule has 0 radical (unpaired) electrons. The maximum atomic E-state index is 5.95. The van der Waals surface area contributed by atoms with Crippen LogP contribution in [0.2, 0.25) is 5.02 Å². The summed E-state index contributed by atoms with van der Waals surface area (Å²) in [7, 11) is 0. The van der Waals surface area contributed by atoms with Crippen LogP contribution in [0.15, 0.2) is 18.2 Å². The lowest BCUT2D eigenvalue weighted by molar-refractivity contribution is 1.18. The molecule has 2 heteroatoms. The van der Waals surface area contributed by atoms with Gasteiger partial charge in [-0.05, 0) is 25.0 Å². The van der Waals surface area contributed by atoms with E-state index in [1.165, 1.54) is 12.8 Å². The summed E-state index contributed by atoms with van der Waals surface area (Å²) in [5.74, 6) is 6.76. The minimum atomic E-state index is 0.579. The molecule has 0 heterocycles. The predicted molar refractivity (Wildman–Crippen MR) is 55.5 cm³/mol. The third kappa shape index (κ3) is 1.96. The summed E-state index contributed by atoms with van der Waals surface area (Å²) in [5.41, 5.74) is 7.18. The molecule has 0 aromatic heterocycles. The molecule has 2 rings (SSSR count). The standard InChI is InChI=1S/C11H10ClN/c12-10-2-1-3-11(13)9(10)7-6-8-4-5-8/h1-3,8H,4-5,13H2. The summed E-state index contributed by atoms with van der Waals surface area (Å²) in [6, 6.07) is 5.47. The Morgan fingerprint density at radius 2 is 2.15 bits per heavy atom. The van der Waals surface area contributed by atoms with E-state index in [4.69, 9.17) is 17.3 Å². The first-order valence-electron chi connectivity index (χ1n) is 4.33. The predicted octanol–water partition coefficient (Wildman–Crippen LogP) is 2.68. The van der Waals surface area contributed by atoms with Gasteiger partial charge >= 0.3 is 0 Å². The van der Waals surface area contributed by atoms with E-state index in [9.17, 15) is 0 Å². The molecule has 0 bridgehead atoms. The van der Waals surface area contributed by atoms with E-state index in [2.05, 4.69) is 11.8 Å². The van der Waals surface area contributed by atoms with Crippen LogP contribution in [0.1, 0.15) is 18.4 Å². The molecule has 0 atom stereocenters. The van der Waals surface area contributed by atoms with Crippen molar-refractivity contribution in [2.45, 2.75) is 12.8 Å². The van der Waals surface area contributed by atoms with Crippen LogP contribution < -0.4 is 5.73 Å². The van der Waals surface area contributed by atoms with Gasteiger partial charge in [0, 0.05) is 11.6 Å². The van der Waals surface area contributed by atoms with E-state index in [-0.39, 0.29) is 0 Å². The Morgan fingerprint density at radius 1 is 1.38 bits per heavy atom. The molecule has 1 saturated carbocycles. The molecule has 0 saturated heterocycles. The number of hydrogen-bond acceptors (Lipinski definition) is 1. The molecule has 1 nitrogen and oxygen atoms in total. The van der Waals surface area contributed by atoms with E-state index < -0.39 is 0 Å². The van der Waals surface area contributed by atoms with Crippen molar-refractivity contribution in [1.29, 1.82) is 0 Å². The first-order valence-corrected chi connectivity index (χ1v) is 4.70. The van der Waals surface area contributed by atoms with Gasteiger partial charge < -0.3 is 5.73 Å². The van der Waals surface area contributed by atoms with Gasteiger partial charge in [0.1, 0.15) is 0 Å². The van der Waals surface area contributed by atoms with Crippen molar-refractivity contribution >= 4 is 17.3 Å². The minimum absolute atomic E-state index is 0.579. The Kier molecular flexibility index (Phi) is 2.16. The molecule has 0 amide bonds. The van der Waals surface area contributed by atoms with Gasteiger partial charge in [0.25, 0.3) is 0 Å². The van der Waals surface area contributed by atoms with Gasteiger partial charge in [0.15, 0.2) is 0 Å². The molecule has 2 N–H and O–H groups in total. The van der Waals surface area contributed by atoms with Gasteiger partial charge in [0.05, 0.1) is 10.6 Å². The molecule has 66 valence electrons. The Labute approximate surface area is 82.9 Å². The monoisotopic (exact) mass is 191 g/mol. The zero-order chi connectivity index (χ0) is 9.26. The minimum Gasteiger partial charge on any atom is -0.398 e. The van der Waals surface area contributed by atoms with Crippen LogP contribution >= 0.6 is 11.6 Å². The molecule has 1 aromatic carbocycles. The quantitative estimate of drug-likeness (QED) is 0.495. The molecular formula is C11H10ClN. The highest BCUT2D eigenvalue weighted by Crippen LogP contribution is 2.28. The fourth-order valence-electron chi connectivity index (χ4n) is 1.07. The normalized spacial score (nSPS) is 14.8. The molecule has 13 heavy (non-hydrogen) atoms. The van der Waals surface area contributed by atoms with Crippen molar-refractivity contribution in [1.82, 2.24) is 0 Å². The largest absolute Gasteiger partial charge is 0.398 e. The van der Waals surface area contributed by atoms with E-state index >= 15 is 0 Å². The summed E-state index contributed by atoms with van der Waals surface area (Å²) in [6.45, 7) is 0. The summed E-state index contributed by atoms with van der Waals surface area (Å²) < 4.78 is 0. The van der Waals surface area contributed by atoms with Gasteiger partial charge in [-0.3, -0.25) is 0 Å². The zero-order valence-electron chi connectivity index (χ0n) is 7.18. The second-order valence-electron chi connectivity index (χ2n) is 3.25. The maximum absolute atomic E-state index is 5.95. The fourth-order valence-corrected chi connectivity index (χ4v) is 1.30. The highest BCUT2D eigenvalue weighted by atomic mass is 35.5. The average Bonchev–Trinajstić information content (AvgIpc) is 2.87. The van der Waals surface area contributed by atoms with Crippen LogP contribution in [-0.4, -0.2) is 0 Å². The van der Waals surface area contributed by atoms with Crippen LogP contribution in [-0.2, 0) is 0 Å². The van der Waals surface area contributed by atoms with E-state index in [0.29, 0.717) is 16.6 Å². The second-order valence-corrected chi connectivity index (χ2v) is 3.65. The van der Waals surface area contributed by atoms with Crippen LogP contribution in [0.5, 0.6) is 0 Å². The number of nitrogen functional groups attached to an aromatic ring is 1. The molecule has 0 aliphatic heterocycles.